The van der Waals surface area contributed by atoms with Crippen LogP contribution in [0.1, 0.15) is 17.2 Å². The molecule has 2 aromatic carbocycles. The molecular weight excluding hydrogens is 388 g/mol. The lowest BCUT2D eigenvalue weighted by atomic mass is 10.0. The molecule has 4 rings (SSSR count). The predicted molar refractivity (Wildman–Crippen MR) is 96.9 cm³/mol. The number of rotatable bonds is 6. The second kappa shape index (κ2) is 7.54. The highest BCUT2D eigenvalue weighted by Crippen LogP contribution is 2.36. The maximum atomic E-state index is 12.8. The highest BCUT2D eigenvalue weighted by Gasteiger charge is 2.26. The Morgan fingerprint density at radius 3 is 2.83 bits per heavy atom. The van der Waals surface area contributed by atoms with Crippen molar-refractivity contribution in [2.45, 2.75) is 12.7 Å². The number of nitrogens with one attached hydrogen (secondary N) is 1. The van der Waals surface area contributed by atoms with E-state index in [2.05, 4.69) is 25.0 Å². The third-order valence-corrected chi connectivity index (χ3v) is 4.19. The van der Waals surface area contributed by atoms with Gasteiger partial charge < -0.3 is 10.1 Å². The minimum absolute atomic E-state index is 0.0110. The van der Waals surface area contributed by atoms with Crippen LogP contribution >= 0.6 is 0 Å². The van der Waals surface area contributed by atoms with E-state index in [-0.39, 0.29) is 11.5 Å². The van der Waals surface area contributed by atoms with E-state index in [4.69, 9.17) is 0 Å². The first kappa shape index (κ1) is 18.3. The van der Waals surface area contributed by atoms with Gasteiger partial charge in [0.25, 0.3) is 5.09 Å². The van der Waals surface area contributed by atoms with E-state index in [0.717, 1.165) is 0 Å². The molecule has 1 aromatic heterocycles. The highest BCUT2D eigenvalue weighted by molar-refractivity contribution is 5.77. The van der Waals surface area contributed by atoms with E-state index >= 15 is 0 Å². The molecule has 0 radical (unpaired) electrons. The molecule has 9 nitrogen and oxygen atoms in total. The summed E-state index contributed by atoms with van der Waals surface area (Å²) in [6, 6.07) is 12.0. The standard InChI is InChI=1S/C18H13F2N5O4/c19-17(20)28-16-7-2-1-6-13(16)15-9-14(23-18-21-10-22-24(15)18)11-4-3-5-12(8-11)29-25(26)27/h1-10,15,17H,(H,21,22,23)/t15-/m1/s1. The molecule has 11 heteroatoms. The van der Waals surface area contributed by atoms with Crippen LogP contribution in [0.4, 0.5) is 14.7 Å². The zero-order valence-corrected chi connectivity index (χ0v) is 14.6. The Kier molecular flexibility index (Phi) is 4.77. The van der Waals surface area contributed by atoms with Gasteiger partial charge in [-0.3, -0.25) is 4.84 Å². The Morgan fingerprint density at radius 2 is 2.03 bits per heavy atom. The van der Waals surface area contributed by atoms with E-state index in [1.165, 1.54) is 29.2 Å². The van der Waals surface area contributed by atoms with Gasteiger partial charge in [0.15, 0.2) is 0 Å². The van der Waals surface area contributed by atoms with Crippen molar-refractivity contribution in [1.29, 1.82) is 0 Å². The van der Waals surface area contributed by atoms with Crippen LogP contribution in [0, 0.1) is 10.1 Å². The maximum absolute atomic E-state index is 12.8. The fourth-order valence-electron chi connectivity index (χ4n) is 3.06. The molecule has 0 spiro atoms. The van der Waals surface area contributed by atoms with E-state index in [0.29, 0.717) is 22.8 Å². The zero-order chi connectivity index (χ0) is 20.4. The van der Waals surface area contributed by atoms with Crippen LogP contribution in [0.3, 0.4) is 0 Å². The number of anilines is 1. The third-order valence-electron chi connectivity index (χ3n) is 4.19. The molecule has 3 aromatic rings. The number of nitrogens with zero attached hydrogens (tertiary/aromatic N) is 4. The molecule has 1 atom stereocenters. The first-order chi connectivity index (χ1) is 14.0. The van der Waals surface area contributed by atoms with Gasteiger partial charge in [0.2, 0.25) is 5.95 Å². The van der Waals surface area contributed by atoms with Gasteiger partial charge in [0.05, 0.1) is 0 Å². The minimum Gasteiger partial charge on any atom is -0.434 e. The van der Waals surface area contributed by atoms with Crippen molar-refractivity contribution < 1.29 is 23.4 Å². The Balaban J connectivity index is 1.77. The predicted octanol–water partition coefficient (Wildman–Crippen LogP) is 3.51. The number of para-hydroxylation sites is 1. The highest BCUT2D eigenvalue weighted by atomic mass is 19.3. The van der Waals surface area contributed by atoms with Crippen LogP contribution in [0.15, 0.2) is 60.9 Å². The molecule has 148 valence electrons. The van der Waals surface area contributed by atoms with Crippen LogP contribution in [-0.4, -0.2) is 26.5 Å². The summed E-state index contributed by atoms with van der Waals surface area (Å²) in [5.41, 5.74) is 1.59. The number of allylic oxidation sites excluding steroid dienone is 1. The summed E-state index contributed by atoms with van der Waals surface area (Å²) in [6.07, 6.45) is 3.07. The van der Waals surface area contributed by atoms with Crippen LogP contribution in [0.25, 0.3) is 5.70 Å². The van der Waals surface area contributed by atoms with Crippen molar-refractivity contribution in [2.75, 3.05) is 5.32 Å². The third kappa shape index (κ3) is 3.83. The number of aromatic nitrogens is 3. The quantitative estimate of drug-likeness (QED) is 0.498. The summed E-state index contributed by atoms with van der Waals surface area (Å²) < 4.78 is 31.9. The van der Waals surface area contributed by atoms with Crippen molar-refractivity contribution in [2.24, 2.45) is 0 Å². The van der Waals surface area contributed by atoms with Gasteiger partial charge in [0.1, 0.15) is 23.9 Å². The van der Waals surface area contributed by atoms with E-state index in [1.54, 1.807) is 36.4 Å². The Hall–Kier alpha value is -4.02. The van der Waals surface area contributed by atoms with Crippen molar-refractivity contribution in [3.8, 4) is 11.5 Å². The average Bonchev–Trinajstić information content (AvgIpc) is 3.16. The molecule has 0 saturated heterocycles. The van der Waals surface area contributed by atoms with Gasteiger partial charge in [-0.25, -0.2) is 4.68 Å². The number of ether oxygens (including phenoxy) is 1. The Morgan fingerprint density at radius 1 is 1.21 bits per heavy atom. The molecule has 29 heavy (non-hydrogen) atoms. The fraction of sp³-hybridized carbons (Fsp3) is 0.111. The summed E-state index contributed by atoms with van der Waals surface area (Å²) in [7, 11) is 0. The Labute approximate surface area is 162 Å². The van der Waals surface area contributed by atoms with Gasteiger partial charge in [-0.1, -0.05) is 30.3 Å². The smallest absolute Gasteiger partial charge is 0.387 e. The number of hydrogen-bond acceptors (Lipinski definition) is 7. The summed E-state index contributed by atoms with van der Waals surface area (Å²) in [6.45, 7) is -2.98. The van der Waals surface area contributed by atoms with Crippen molar-refractivity contribution in [1.82, 2.24) is 14.8 Å². The molecule has 2 heterocycles. The molecule has 0 saturated carbocycles. The van der Waals surface area contributed by atoms with E-state index in [9.17, 15) is 18.9 Å². The van der Waals surface area contributed by atoms with Gasteiger partial charge in [-0.15, -0.1) is 10.1 Å². The number of hydrogen-bond donors (Lipinski definition) is 1. The average molecular weight is 401 g/mol. The number of halogens is 2. The molecular formula is C18H13F2N5O4. The lowest BCUT2D eigenvalue weighted by Crippen LogP contribution is -2.21. The van der Waals surface area contributed by atoms with Crippen molar-refractivity contribution in [3.05, 3.63) is 82.2 Å². The van der Waals surface area contributed by atoms with Gasteiger partial charge in [0, 0.05) is 11.3 Å². The normalized spacial score (nSPS) is 15.3. The second-order valence-corrected chi connectivity index (χ2v) is 5.94. The van der Waals surface area contributed by atoms with Crippen LogP contribution < -0.4 is 14.9 Å². The SMILES string of the molecule is O=[N+]([O-])Oc1cccc(C2=C[C@H](c3ccccc3OC(F)F)n3ncnc3N2)c1. The second-order valence-electron chi connectivity index (χ2n) is 5.94. The zero-order valence-electron chi connectivity index (χ0n) is 14.6. The largest absolute Gasteiger partial charge is 0.434 e. The Bertz CT molecular complexity index is 1090. The topological polar surface area (TPSA) is 104 Å². The maximum Gasteiger partial charge on any atom is 0.387 e. The molecule has 0 aliphatic carbocycles. The summed E-state index contributed by atoms with van der Waals surface area (Å²) in [5, 5.41) is 16.9. The fourth-order valence-corrected chi connectivity index (χ4v) is 3.06. The van der Waals surface area contributed by atoms with E-state index < -0.39 is 17.7 Å². The summed E-state index contributed by atoms with van der Waals surface area (Å²) in [5.74, 6) is 0.428. The molecule has 0 fully saturated rings. The number of benzene rings is 2. The number of alkyl halides is 2. The van der Waals surface area contributed by atoms with Crippen molar-refractivity contribution >= 4 is 11.6 Å². The van der Waals surface area contributed by atoms with Gasteiger partial charge in [-0.2, -0.15) is 18.9 Å². The van der Waals surface area contributed by atoms with Crippen LogP contribution in [0.5, 0.6) is 11.5 Å². The summed E-state index contributed by atoms with van der Waals surface area (Å²) in [4.78, 5) is 19.3. The van der Waals surface area contributed by atoms with Crippen LogP contribution in [0.2, 0.25) is 0 Å². The molecule has 0 unspecified atom stereocenters. The van der Waals surface area contributed by atoms with Crippen molar-refractivity contribution in [3.63, 3.8) is 0 Å². The lowest BCUT2D eigenvalue weighted by molar-refractivity contribution is -0.711. The minimum atomic E-state index is -2.98. The van der Waals surface area contributed by atoms with Crippen LogP contribution in [-0.2, 0) is 0 Å². The molecule has 1 aliphatic rings. The molecule has 1 aliphatic heterocycles. The molecule has 0 bridgehead atoms. The summed E-state index contributed by atoms with van der Waals surface area (Å²) >= 11 is 0. The first-order valence-electron chi connectivity index (χ1n) is 8.36. The lowest BCUT2D eigenvalue weighted by Gasteiger charge is -2.25. The monoisotopic (exact) mass is 401 g/mol. The molecule has 1 N–H and O–H groups in total. The molecule has 0 amide bonds. The van der Waals surface area contributed by atoms with Gasteiger partial charge in [-0.05, 0) is 29.8 Å². The van der Waals surface area contributed by atoms with E-state index in [1.807, 2.05) is 0 Å². The first-order valence-corrected chi connectivity index (χ1v) is 8.36. The number of fused-ring (bicyclic) bond motifs is 1. The van der Waals surface area contributed by atoms with Gasteiger partial charge >= 0.3 is 6.61 Å².